The molecule has 0 radical (unpaired) electrons. The van der Waals surface area contributed by atoms with E-state index in [9.17, 15) is 4.79 Å². The maximum Gasteiger partial charge on any atom is 0.269 e. The van der Waals surface area contributed by atoms with E-state index in [2.05, 4.69) is 35.4 Å². The molecule has 0 atom stereocenters. The number of H-pyrrole nitrogens is 1. The van der Waals surface area contributed by atoms with Crippen molar-refractivity contribution in [3.8, 4) is 11.3 Å². The van der Waals surface area contributed by atoms with E-state index in [1.165, 1.54) is 5.56 Å². The molecular formula is C25H27N3O2. The summed E-state index contributed by atoms with van der Waals surface area (Å²) in [5.74, 6) is -0.167. The van der Waals surface area contributed by atoms with Crippen molar-refractivity contribution < 1.29 is 9.53 Å². The summed E-state index contributed by atoms with van der Waals surface area (Å²) in [4.78, 5) is 21.1. The number of hydrogen-bond donors (Lipinski definition) is 2. The lowest BCUT2D eigenvalue weighted by molar-refractivity contribution is 0.0756. The summed E-state index contributed by atoms with van der Waals surface area (Å²) in [6, 6.07) is 18.2. The zero-order valence-corrected chi connectivity index (χ0v) is 17.7. The lowest BCUT2D eigenvalue weighted by Crippen LogP contribution is -2.26. The van der Waals surface area contributed by atoms with Gasteiger partial charge < -0.3 is 15.0 Å². The third-order valence-electron chi connectivity index (χ3n) is 5.11. The highest BCUT2D eigenvalue weighted by atomic mass is 16.5. The number of benzene rings is 2. The van der Waals surface area contributed by atoms with Crippen molar-refractivity contribution in [3.63, 3.8) is 0 Å². The first kappa shape index (κ1) is 20.1. The predicted octanol–water partition coefficient (Wildman–Crippen LogP) is 5.24. The molecule has 0 aliphatic carbocycles. The third-order valence-corrected chi connectivity index (χ3v) is 5.11. The zero-order chi connectivity index (χ0) is 21.1. The summed E-state index contributed by atoms with van der Waals surface area (Å²) in [5.41, 5.74) is 5.36. The predicted molar refractivity (Wildman–Crippen MR) is 122 cm³/mol. The Bertz CT molecular complexity index is 1180. The van der Waals surface area contributed by atoms with Crippen LogP contribution in [0.1, 0.15) is 36.3 Å². The van der Waals surface area contributed by atoms with Gasteiger partial charge in [-0.2, -0.15) is 0 Å². The smallest absolute Gasteiger partial charge is 0.269 e. The number of ether oxygens (including phenoxy) is 1. The van der Waals surface area contributed by atoms with Crippen molar-refractivity contribution in [1.82, 2.24) is 15.3 Å². The molecule has 0 spiro atoms. The number of rotatable bonds is 7. The molecular weight excluding hydrogens is 374 g/mol. The van der Waals surface area contributed by atoms with Crippen LogP contribution in [-0.4, -0.2) is 35.1 Å². The van der Waals surface area contributed by atoms with Gasteiger partial charge in [-0.1, -0.05) is 48.0 Å². The summed E-state index contributed by atoms with van der Waals surface area (Å²) in [6.45, 7) is 7.25. The van der Waals surface area contributed by atoms with Gasteiger partial charge in [-0.15, -0.1) is 0 Å². The number of para-hydroxylation sites is 1. The second-order valence-electron chi connectivity index (χ2n) is 7.84. The molecule has 2 heterocycles. The molecule has 2 aromatic heterocycles. The maximum absolute atomic E-state index is 12.9. The van der Waals surface area contributed by atoms with E-state index in [-0.39, 0.29) is 12.0 Å². The Hall–Kier alpha value is -3.18. The molecule has 30 heavy (non-hydrogen) atoms. The topological polar surface area (TPSA) is 67.0 Å². The number of aromatic nitrogens is 2. The SMILES string of the molecule is Cc1ccc(-c2nc(C(=O)NCCCOC(C)C)cc3c2[nH]c2ccccc23)cc1. The molecule has 0 fully saturated rings. The number of amides is 1. The van der Waals surface area contributed by atoms with E-state index >= 15 is 0 Å². The summed E-state index contributed by atoms with van der Waals surface area (Å²) in [5, 5.41) is 5.06. The fourth-order valence-electron chi connectivity index (χ4n) is 3.57. The fraction of sp³-hybridized carbons (Fsp3) is 0.280. The maximum atomic E-state index is 12.9. The minimum absolute atomic E-state index is 0.167. The standard InChI is InChI=1S/C25H27N3O2/c1-16(2)30-14-6-13-26-25(29)22-15-20-19-7-4-5-8-21(19)27-24(20)23(28-22)18-11-9-17(3)10-12-18/h4-5,7-12,15-16,27H,6,13-14H2,1-3H3,(H,26,29). The minimum Gasteiger partial charge on any atom is -0.379 e. The van der Waals surface area contributed by atoms with Crippen molar-refractivity contribution in [2.75, 3.05) is 13.2 Å². The van der Waals surface area contributed by atoms with E-state index in [4.69, 9.17) is 9.72 Å². The van der Waals surface area contributed by atoms with Gasteiger partial charge in [0, 0.05) is 35.0 Å². The average molecular weight is 402 g/mol. The first-order valence-corrected chi connectivity index (χ1v) is 10.4. The summed E-state index contributed by atoms with van der Waals surface area (Å²) in [6.07, 6.45) is 0.966. The van der Waals surface area contributed by atoms with Gasteiger partial charge in [0.15, 0.2) is 0 Å². The first-order valence-electron chi connectivity index (χ1n) is 10.4. The van der Waals surface area contributed by atoms with Crippen molar-refractivity contribution in [2.45, 2.75) is 33.3 Å². The van der Waals surface area contributed by atoms with Crippen LogP contribution in [0.5, 0.6) is 0 Å². The molecule has 154 valence electrons. The van der Waals surface area contributed by atoms with Crippen LogP contribution in [0.25, 0.3) is 33.1 Å². The highest BCUT2D eigenvalue weighted by Gasteiger charge is 2.16. The molecule has 4 rings (SSSR count). The van der Waals surface area contributed by atoms with Crippen LogP contribution >= 0.6 is 0 Å². The van der Waals surface area contributed by atoms with Crippen LogP contribution in [0.2, 0.25) is 0 Å². The molecule has 0 unspecified atom stereocenters. The number of nitrogens with one attached hydrogen (secondary N) is 2. The van der Waals surface area contributed by atoms with E-state index in [0.29, 0.717) is 18.8 Å². The van der Waals surface area contributed by atoms with E-state index in [1.54, 1.807) is 0 Å². The Morgan fingerprint density at radius 3 is 2.63 bits per heavy atom. The molecule has 0 saturated carbocycles. The van der Waals surface area contributed by atoms with E-state index in [1.807, 2.05) is 50.2 Å². The molecule has 5 heteroatoms. The molecule has 0 bridgehead atoms. The second-order valence-corrected chi connectivity index (χ2v) is 7.84. The van der Waals surface area contributed by atoms with Gasteiger partial charge in [-0.25, -0.2) is 4.98 Å². The molecule has 1 amide bonds. The Morgan fingerprint density at radius 2 is 1.87 bits per heavy atom. The van der Waals surface area contributed by atoms with Gasteiger partial charge in [-0.3, -0.25) is 4.79 Å². The second kappa shape index (κ2) is 8.67. The average Bonchev–Trinajstić information content (AvgIpc) is 3.12. The normalized spacial score (nSPS) is 11.5. The number of fused-ring (bicyclic) bond motifs is 3. The number of hydrogen-bond acceptors (Lipinski definition) is 3. The highest BCUT2D eigenvalue weighted by Crippen LogP contribution is 2.32. The molecule has 4 aromatic rings. The Morgan fingerprint density at radius 1 is 1.10 bits per heavy atom. The van der Waals surface area contributed by atoms with Gasteiger partial charge >= 0.3 is 0 Å². The van der Waals surface area contributed by atoms with Crippen LogP contribution in [0.3, 0.4) is 0 Å². The van der Waals surface area contributed by atoms with Crippen molar-refractivity contribution >= 4 is 27.7 Å². The van der Waals surface area contributed by atoms with Crippen molar-refractivity contribution in [3.05, 3.63) is 65.9 Å². The highest BCUT2D eigenvalue weighted by molar-refractivity contribution is 6.13. The molecule has 5 nitrogen and oxygen atoms in total. The van der Waals surface area contributed by atoms with Crippen LogP contribution in [-0.2, 0) is 4.74 Å². The van der Waals surface area contributed by atoms with Gasteiger partial charge in [-0.05, 0) is 39.3 Å². The van der Waals surface area contributed by atoms with E-state index < -0.39 is 0 Å². The number of aromatic amines is 1. The fourth-order valence-corrected chi connectivity index (χ4v) is 3.57. The lowest BCUT2D eigenvalue weighted by Gasteiger charge is -2.10. The molecule has 0 saturated heterocycles. The van der Waals surface area contributed by atoms with Gasteiger partial charge in [0.1, 0.15) is 5.69 Å². The molecule has 0 aliphatic heterocycles. The zero-order valence-electron chi connectivity index (χ0n) is 17.7. The van der Waals surface area contributed by atoms with Gasteiger partial charge in [0.25, 0.3) is 5.91 Å². The van der Waals surface area contributed by atoms with Crippen LogP contribution in [0.4, 0.5) is 0 Å². The number of aryl methyl sites for hydroxylation is 1. The Balaban J connectivity index is 1.70. The minimum atomic E-state index is -0.167. The van der Waals surface area contributed by atoms with Gasteiger partial charge in [0.05, 0.1) is 17.3 Å². The van der Waals surface area contributed by atoms with Crippen LogP contribution < -0.4 is 5.32 Å². The van der Waals surface area contributed by atoms with Crippen LogP contribution in [0, 0.1) is 6.92 Å². The number of carbonyl (C=O) groups excluding carboxylic acids is 1. The largest absolute Gasteiger partial charge is 0.379 e. The lowest BCUT2D eigenvalue weighted by atomic mass is 10.1. The monoisotopic (exact) mass is 401 g/mol. The van der Waals surface area contributed by atoms with Crippen LogP contribution in [0.15, 0.2) is 54.6 Å². The first-order chi connectivity index (χ1) is 14.5. The molecule has 0 aliphatic rings. The number of nitrogens with zero attached hydrogens (tertiary/aromatic N) is 1. The summed E-state index contributed by atoms with van der Waals surface area (Å²) < 4.78 is 5.54. The summed E-state index contributed by atoms with van der Waals surface area (Å²) in [7, 11) is 0. The van der Waals surface area contributed by atoms with Crippen molar-refractivity contribution in [1.29, 1.82) is 0 Å². The molecule has 2 aromatic carbocycles. The van der Waals surface area contributed by atoms with E-state index in [0.717, 1.165) is 39.5 Å². The Kier molecular flexibility index (Phi) is 5.81. The Labute approximate surface area is 176 Å². The number of carbonyl (C=O) groups is 1. The van der Waals surface area contributed by atoms with Crippen molar-refractivity contribution in [2.24, 2.45) is 0 Å². The summed E-state index contributed by atoms with van der Waals surface area (Å²) >= 11 is 0. The van der Waals surface area contributed by atoms with Gasteiger partial charge in [0.2, 0.25) is 0 Å². The molecule has 2 N–H and O–H groups in total. The number of pyridine rings is 1. The quantitative estimate of drug-likeness (QED) is 0.416. The third kappa shape index (κ3) is 4.21.